The molecule has 4 aliphatic rings. The van der Waals surface area contributed by atoms with Gasteiger partial charge in [0.1, 0.15) is 85.0 Å². The first-order chi connectivity index (χ1) is 33.4. The molecule has 4 fully saturated rings. The van der Waals surface area contributed by atoms with Crippen molar-refractivity contribution < 1.29 is 117 Å². The van der Waals surface area contributed by atoms with E-state index < -0.39 is 169 Å². The van der Waals surface area contributed by atoms with Crippen LogP contribution in [-0.4, -0.2) is 225 Å². The second kappa shape index (κ2) is 23.4. The molecular weight excluding hydrogens is 977 g/mol. The number of para-hydroxylation sites is 1. The van der Waals surface area contributed by atoms with E-state index >= 15 is 0 Å². The fraction of sp³-hybridized carbons (Fsp3) is 0.619. The summed E-state index contributed by atoms with van der Waals surface area (Å²) in [6, 6.07) is 8.86. The summed E-state index contributed by atoms with van der Waals surface area (Å²) in [6.45, 7) is 1.83. The van der Waals surface area contributed by atoms with Gasteiger partial charge in [0.05, 0.1) is 37.3 Å². The molecule has 0 spiro atoms. The van der Waals surface area contributed by atoms with E-state index in [0.29, 0.717) is 0 Å². The van der Waals surface area contributed by atoms with E-state index in [4.69, 9.17) is 37.9 Å². The van der Waals surface area contributed by atoms with Crippen molar-refractivity contribution in [3.05, 3.63) is 48.5 Å². The highest BCUT2D eigenvalue weighted by Crippen LogP contribution is 2.37. The molecule has 396 valence electrons. The highest BCUT2D eigenvalue weighted by molar-refractivity contribution is 7.92. The van der Waals surface area contributed by atoms with Gasteiger partial charge in [-0.25, -0.2) is 13.2 Å². The molecule has 29 heteroatoms. The fourth-order valence-corrected chi connectivity index (χ4v) is 8.92. The number of rotatable bonds is 17. The second-order valence-electron chi connectivity index (χ2n) is 17.2. The lowest BCUT2D eigenvalue weighted by Crippen LogP contribution is -2.70. The Kier molecular flexibility index (Phi) is 18.3. The SMILES string of the molecule is CC(=O)NC1C(C)OC(CO)C(O)C1OC1OC(C(=O)O)C(OC2OC(CO)C(O)C(OC3OC(C(=O)Nc4ccc(NS(C)(=O)=O)c(Oc5ccccc5)c4)C(O)C(O)C3O)C2NC(C)=O)C(O)C1O. The Morgan fingerprint density at radius 3 is 1.73 bits per heavy atom. The van der Waals surface area contributed by atoms with Crippen molar-refractivity contribution in [1.29, 1.82) is 0 Å². The van der Waals surface area contributed by atoms with E-state index in [1.807, 2.05) is 0 Å². The fourth-order valence-electron chi connectivity index (χ4n) is 8.36. The molecule has 4 saturated heterocycles. The van der Waals surface area contributed by atoms with Crippen LogP contribution in [0.3, 0.4) is 0 Å². The summed E-state index contributed by atoms with van der Waals surface area (Å²) in [5.74, 6) is -4.30. The first-order valence-corrected chi connectivity index (χ1v) is 23.8. The van der Waals surface area contributed by atoms with Crippen LogP contribution in [0, 0.1) is 0 Å². The molecule has 14 N–H and O–H groups in total. The lowest BCUT2D eigenvalue weighted by molar-refractivity contribution is -0.366. The van der Waals surface area contributed by atoms with Crippen molar-refractivity contribution in [2.24, 2.45) is 0 Å². The molecule has 0 radical (unpaired) electrons. The maximum Gasteiger partial charge on any atom is 0.335 e. The lowest BCUT2D eigenvalue weighted by Gasteiger charge is -2.50. The van der Waals surface area contributed by atoms with Crippen LogP contribution in [0.4, 0.5) is 11.4 Å². The number of carbonyl (C=O) groups is 4. The number of benzene rings is 2. The summed E-state index contributed by atoms with van der Waals surface area (Å²) >= 11 is 0. The van der Waals surface area contributed by atoms with E-state index in [2.05, 4.69) is 20.7 Å². The summed E-state index contributed by atoms with van der Waals surface area (Å²) in [6.07, 6.45) is -34.2. The van der Waals surface area contributed by atoms with Gasteiger partial charge in [-0.15, -0.1) is 0 Å². The van der Waals surface area contributed by atoms with Crippen molar-refractivity contribution >= 4 is 45.1 Å². The summed E-state index contributed by atoms with van der Waals surface area (Å²) in [4.78, 5) is 51.3. The van der Waals surface area contributed by atoms with Gasteiger partial charge < -0.3 is 105 Å². The van der Waals surface area contributed by atoms with E-state index in [9.17, 15) is 78.7 Å². The Balaban J connectivity index is 1.23. The number of carbonyl (C=O) groups excluding carboxylic acids is 3. The first kappa shape index (κ1) is 55.5. The minimum atomic E-state index is -3.83. The molecule has 0 aliphatic carbocycles. The highest BCUT2D eigenvalue weighted by atomic mass is 32.2. The number of aliphatic carboxylic acids is 1. The van der Waals surface area contributed by atoms with Crippen LogP contribution in [0.5, 0.6) is 11.5 Å². The van der Waals surface area contributed by atoms with Crippen molar-refractivity contribution in [1.82, 2.24) is 10.6 Å². The summed E-state index contributed by atoms with van der Waals surface area (Å²) in [7, 11) is -3.83. The first-order valence-electron chi connectivity index (χ1n) is 21.9. The van der Waals surface area contributed by atoms with Crippen LogP contribution in [0.1, 0.15) is 20.8 Å². The van der Waals surface area contributed by atoms with Crippen molar-refractivity contribution in [3.8, 4) is 11.5 Å². The van der Waals surface area contributed by atoms with Crippen LogP contribution < -0.4 is 25.4 Å². The van der Waals surface area contributed by atoms with Crippen LogP contribution in [0.25, 0.3) is 0 Å². The van der Waals surface area contributed by atoms with Gasteiger partial charge in [-0.05, 0) is 31.2 Å². The van der Waals surface area contributed by atoms with Crippen molar-refractivity contribution in [2.45, 2.75) is 143 Å². The molecule has 6 rings (SSSR count). The number of ether oxygens (including phenoxy) is 8. The monoisotopic (exact) mass is 1030 g/mol. The van der Waals surface area contributed by atoms with Crippen LogP contribution in [-0.2, 0) is 62.4 Å². The molecule has 0 bridgehead atoms. The smallest absolute Gasteiger partial charge is 0.335 e. The lowest BCUT2D eigenvalue weighted by atomic mass is 9.92. The number of anilines is 2. The number of aliphatic hydroxyl groups is 9. The molecule has 20 unspecified atom stereocenters. The molecule has 0 saturated carbocycles. The molecule has 28 nitrogen and oxygen atoms in total. The minimum absolute atomic E-state index is 0.0302. The summed E-state index contributed by atoms with van der Waals surface area (Å²) < 4.78 is 72.4. The quantitative estimate of drug-likeness (QED) is 0.0703. The van der Waals surface area contributed by atoms with E-state index in [-0.39, 0.29) is 22.9 Å². The van der Waals surface area contributed by atoms with Crippen molar-refractivity contribution in [3.63, 3.8) is 0 Å². The Morgan fingerprint density at radius 1 is 0.634 bits per heavy atom. The topological polar surface area (TPSA) is 427 Å². The Bertz CT molecular complexity index is 2290. The van der Waals surface area contributed by atoms with Gasteiger partial charge in [-0.2, -0.15) is 0 Å². The van der Waals surface area contributed by atoms with Crippen LogP contribution in [0.2, 0.25) is 0 Å². The van der Waals surface area contributed by atoms with Gasteiger partial charge >= 0.3 is 5.97 Å². The number of hydrogen-bond donors (Lipinski definition) is 14. The normalized spacial score (nSPS) is 37.5. The second-order valence-corrected chi connectivity index (χ2v) is 18.9. The number of nitrogens with one attached hydrogen (secondary N) is 4. The number of amides is 3. The van der Waals surface area contributed by atoms with E-state index in [0.717, 1.165) is 20.1 Å². The largest absolute Gasteiger partial charge is 0.479 e. The minimum Gasteiger partial charge on any atom is -0.479 e. The van der Waals surface area contributed by atoms with Gasteiger partial charge in [0, 0.05) is 25.6 Å². The Hall–Kier alpha value is -4.77. The van der Waals surface area contributed by atoms with E-state index in [1.165, 1.54) is 25.1 Å². The van der Waals surface area contributed by atoms with Crippen molar-refractivity contribution in [2.75, 3.05) is 29.5 Å². The third kappa shape index (κ3) is 13.1. The predicted molar refractivity (Wildman–Crippen MR) is 234 cm³/mol. The number of aliphatic hydroxyl groups excluding tert-OH is 9. The van der Waals surface area contributed by atoms with Gasteiger partial charge in [0.15, 0.2) is 36.8 Å². The molecule has 4 aliphatic heterocycles. The highest BCUT2D eigenvalue weighted by Gasteiger charge is 2.57. The maximum absolute atomic E-state index is 13.8. The van der Waals surface area contributed by atoms with Crippen LogP contribution in [0.15, 0.2) is 48.5 Å². The zero-order valence-electron chi connectivity index (χ0n) is 38.2. The number of sulfonamides is 1. The van der Waals surface area contributed by atoms with Gasteiger partial charge in [-0.3, -0.25) is 19.1 Å². The van der Waals surface area contributed by atoms with Gasteiger partial charge in [0.2, 0.25) is 21.8 Å². The average molecular weight is 1030 g/mol. The standard InChI is InChI=1S/C42H58N4O24S/c1-15-24(43-16(2)49)33(26(51)22(13-47)63-15)66-42-32(57)30(55)35(37(70-42)39(59)60)68-40-25(44-17(3)50)34(27(52)23(14-48)65-40)67-41-31(56)28(53)29(54)36(69-41)38(58)45-18-10-11-20(46-71(4,61)62)21(12-18)64-19-8-6-5-7-9-19/h5-12,15,22-37,40-42,46-48,51-57H,13-14H2,1-4H3,(H,43,49)(H,44,50)(H,45,58)(H,59,60). The zero-order valence-corrected chi connectivity index (χ0v) is 39.0. The molecule has 3 amide bonds. The number of carboxylic acids is 1. The molecule has 2 aromatic carbocycles. The molecule has 20 atom stereocenters. The van der Waals surface area contributed by atoms with Crippen LogP contribution >= 0.6 is 0 Å². The Labute approximate surface area is 404 Å². The molecular formula is C42H58N4O24S. The maximum atomic E-state index is 13.8. The average Bonchev–Trinajstić information content (AvgIpc) is 3.30. The number of hydrogen-bond acceptors (Lipinski definition) is 23. The summed E-state index contributed by atoms with van der Waals surface area (Å²) in [5, 5.41) is 116. The molecule has 71 heavy (non-hydrogen) atoms. The third-order valence-corrected chi connectivity index (χ3v) is 12.3. The number of carboxylic acid groups (broad SMARTS) is 1. The zero-order chi connectivity index (χ0) is 52.2. The van der Waals surface area contributed by atoms with Gasteiger partial charge in [-0.1, -0.05) is 18.2 Å². The molecule has 4 heterocycles. The van der Waals surface area contributed by atoms with E-state index in [1.54, 1.807) is 30.3 Å². The molecule has 0 aromatic heterocycles. The van der Waals surface area contributed by atoms with Gasteiger partial charge in [0.25, 0.3) is 5.91 Å². The predicted octanol–water partition coefficient (Wildman–Crippen LogP) is -5.49. The molecule has 2 aromatic rings. The summed E-state index contributed by atoms with van der Waals surface area (Å²) in [5.41, 5.74) is -0.0838. The third-order valence-electron chi connectivity index (χ3n) is 11.7. The Morgan fingerprint density at radius 2 is 1.17 bits per heavy atom.